The molecule has 0 amide bonds. The maximum atomic E-state index is 4.52. The van der Waals surface area contributed by atoms with Crippen molar-refractivity contribution in [2.24, 2.45) is 4.99 Å². The van der Waals surface area contributed by atoms with Crippen LogP contribution in [0.1, 0.15) is 27.7 Å². The molecule has 1 aliphatic rings. The van der Waals surface area contributed by atoms with Gasteiger partial charge in [-0.15, -0.1) is 0 Å². The Labute approximate surface area is 62.9 Å². The minimum Gasteiger partial charge on any atom is -0.358 e. The molecule has 0 fully saturated rings. The summed E-state index contributed by atoms with van der Waals surface area (Å²) in [6.45, 7) is 10.8. The highest BCUT2D eigenvalue weighted by Gasteiger charge is 2.27. The van der Waals surface area contributed by atoms with Gasteiger partial charge >= 0.3 is 0 Å². The largest absolute Gasteiger partial charge is 0.358 e. The first kappa shape index (κ1) is 7.58. The Morgan fingerprint density at radius 1 is 1.60 bits per heavy atom. The molecule has 1 heterocycles. The lowest BCUT2D eigenvalue weighted by molar-refractivity contribution is 0.388. The lowest BCUT2D eigenvalue weighted by Crippen LogP contribution is -2.30. The lowest BCUT2D eigenvalue weighted by atomic mass is 10.1. The van der Waals surface area contributed by atoms with E-state index in [0.29, 0.717) is 0 Å². The van der Waals surface area contributed by atoms with Crippen molar-refractivity contribution >= 4 is 5.84 Å². The summed E-state index contributed by atoms with van der Waals surface area (Å²) < 4.78 is 0. The van der Waals surface area contributed by atoms with E-state index in [4.69, 9.17) is 0 Å². The Bertz CT molecular complexity index is 159. The van der Waals surface area contributed by atoms with Crippen molar-refractivity contribution in [3.63, 3.8) is 0 Å². The van der Waals surface area contributed by atoms with Crippen LogP contribution in [0.15, 0.2) is 4.99 Å². The Hall–Kier alpha value is -0.530. The van der Waals surface area contributed by atoms with E-state index in [-0.39, 0.29) is 5.54 Å². The molecule has 0 aliphatic carbocycles. The molecule has 0 radical (unpaired) electrons. The number of amidine groups is 1. The molecular formula is C8H16N2. The first-order chi connectivity index (χ1) is 4.55. The van der Waals surface area contributed by atoms with Gasteiger partial charge in [0.25, 0.3) is 0 Å². The second kappa shape index (κ2) is 2.26. The van der Waals surface area contributed by atoms with E-state index in [9.17, 15) is 0 Å². The highest BCUT2D eigenvalue weighted by molar-refractivity contribution is 5.82. The molecule has 10 heavy (non-hydrogen) atoms. The van der Waals surface area contributed by atoms with Crippen LogP contribution >= 0.6 is 0 Å². The quantitative estimate of drug-likeness (QED) is 0.539. The summed E-state index contributed by atoms with van der Waals surface area (Å²) in [6, 6.07) is 0. The fourth-order valence-electron chi connectivity index (χ4n) is 1.47. The van der Waals surface area contributed by atoms with E-state index in [2.05, 4.69) is 37.6 Å². The van der Waals surface area contributed by atoms with Gasteiger partial charge in [0.15, 0.2) is 0 Å². The third-order valence-corrected chi connectivity index (χ3v) is 1.88. The molecule has 2 nitrogen and oxygen atoms in total. The minimum atomic E-state index is 0.153. The first-order valence-corrected chi connectivity index (χ1v) is 3.86. The molecular weight excluding hydrogens is 124 g/mol. The molecule has 0 aromatic carbocycles. The molecule has 1 rings (SSSR count). The average Bonchev–Trinajstić information content (AvgIpc) is 2.05. The maximum Gasteiger partial charge on any atom is 0.0965 e. The van der Waals surface area contributed by atoms with Gasteiger partial charge in [-0.2, -0.15) is 0 Å². The van der Waals surface area contributed by atoms with Gasteiger partial charge < -0.3 is 4.90 Å². The van der Waals surface area contributed by atoms with Gasteiger partial charge in [0.2, 0.25) is 0 Å². The normalized spacial score (nSPS) is 23.2. The second-order valence-corrected chi connectivity index (χ2v) is 3.49. The van der Waals surface area contributed by atoms with E-state index in [1.165, 1.54) is 5.84 Å². The van der Waals surface area contributed by atoms with Gasteiger partial charge in [-0.05, 0) is 27.7 Å². The summed E-state index contributed by atoms with van der Waals surface area (Å²) in [6.07, 6.45) is 0. The molecule has 0 saturated carbocycles. The topological polar surface area (TPSA) is 15.6 Å². The van der Waals surface area contributed by atoms with Crippen LogP contribution in [0.4, 0.5) is 0 Å². The van der Waals surface area contributed by atoms with Crippen molar-refractivity contribution in [3.05, 3.63) is 0 Å². The zero-order valence-electron chi connectivity index (χ0n) is 7.31. The van der Waals surface area contributed by atoms with Gasteiger partial charge in [-0.25, -0.2) is 0 Å². The van der Waals surface area contributed by atoms with E-state index >= 15 is 0 Å². The number of likely N-dealkylation sites (N-methyl/N-ethyl adjacent to an activating group) is 1. The van der Waals surface area contributed by atoms with E-state index < -0.39 is 0 Å². The van der Waals surface area contributed by atoms with Crippen LogP contribution in [-0.4, -0.2) is 29.4 Å². The maximum absolute atomic E-state index is 4.52. The van der Waals surface area contributed by atoms with Gasteiger partial charge in [0.05, 0.1) is 11.4 Å². The highest BCUT2D eigenvalue weighted by atomic mass is 15.3. The lowest BCUT2D eigenvalue weighted by Gasteiger charge is -2.19. The van der Waals surface area contributed by atoms with Crippen LogP contribution in [0.25, 0.3) is 0 Å². The van der Waals surface area contributed by atoms with E-state index in [1.807, 2.05) is 0 Å². The highest BCUT2D eigenvalue weighted by Crippen LogP contribution is 2.18. The smallest absolute Gasteiger partial charge is 0.0965 e. The van der Waals surface area contributed by atoms with Crippen LogP contribution in [0.3, 0.4) is 0 Å². The van der Waals surface area contributed by atoms with Crippen LogP contribution < -0.4 is 0 Å². The van der Waals surface area contributed by atoms with Crippen molar-refractivity contribution < 1.29 is 0 Å². The molecule has 0 bridgehead atoms. The molecule has 0 spiro atoms. The van der Waals surface area contributed by atoms with Crippen LogP contribution in [0.5, 0.6) is 0 Å². The van der Waals surface area contributed by atoms with Gasteiger partial charge in [-0.1, -0.05) is 0 Å². The van der Waals surface area contributed by atoms with Crippen molar-refractivity contribution in [1.29, 1.82) is 0 Å². The van der Waals surface area contributed by atoms with Crippen LogP contribution in [-0.2, 0) is 0 Å². The van der Waals surface area contributed by atoms with E-state index in [0.717, 1.165) is 13.1 Å². The monoisotopic (exact) mass is 140 g/mol. The number of hydrogen-bond acceptors (Lipinski definition) is 2. The number of aliphatic imine (C=N–C) groups is 1. The zero-order chi connectivity index (χ0) is 7.78. The molecule has 0 aromatic rings. The summed E-state index contributed by atoms with van der Waals surface area (Å²) >= 11 is 0. The van der Waals surface area contributed by atoms with Gasteiger partial charge in [0.1, 0.15) is 0 Å². The third-order valence-electron chi connectivity index (χ3n) is 1.88. The fraction of sp³-hybridized carbons (Fsp3) is 0.875. The average molecular weight is 140 g/mol. The standard InChI is InChI=1S/C8H16N2/c1-5-10-6-8(3,4)9-7(10)2/h5-6H2,1-4H3. The summed E-state index contributed by atoms with van der Waals surface area (Å²) in [5.74, 6) is 1.19. The van der Waals surface area contributed by atoms with Crippen molar-refractivity contribution in [3.8, 4) is 0 Å². The van der Waals surface area contributed by atoms with Crippen LogP contribution in [0, 0.1) is 0 Å². The molecule has 0 atom stereocenters. The predicted molar refractivity (Wildman–Crippen MR) is 44.4 cm³/mol. The molecule has 0 unspecified atom stereocenters. The third kappa shape index (κ3) is 1.31. The van der Waals surface area contributed by atoms with Crippen molar-refractivity contribution in [2.75, 3.05) is 13.1 Å². The Morgan fingerprint density at radius 2 is 2.20 bits per heavy atom. The predicted octanol–water partition coefficient (Wildman–Crippen LogP) is 1.52. The Kier molecular flexibility index (Phi) is 1.71. The second-order valence-electron chi connectivity index (χ2n) is 3.49. The molecule has 0 N–H and O–H groups in total. The molecule has 2 heteroatoms. The molecule has 0 aromatic heterocycles. The van der Waals surface area contributed by atoms with Crippen LogP contribution in [0.2, 0.25) is 0 Å². The fourth-order valence-corrected chi connectivity index (χ4v) is 1.47. The Balaban J connectivity index is 2.68. The van der Waals surface area contributed by atoms with Gasteiger partial charge in [0, 0.05) is 13.1 Å². The SMILES string of the molecule is CCN1CC(C)(C)N=C1C. The number of rotatable bonds is 1. The summed E-state index contributed by atoms with van der Waals surface area (Å²) in [5.41, 5.74) is 0.153. The summed E-state index contributed by atoms with van der Waals surface area (Å²) in [7, 11) is 0. The Morgan fingerprint density at radius 3 is 2.40 bits per heavy atom. The summed E-state index contributed by atoms with van der Waals surface area (Å²) in [5, 5.41) is 0. The molecule has 0 saturated heterocycles. The minimum absolute atomic E-state index is 0.153. The molecule has 1 aliphatic heterocycles. The number of hydrogen-bond donors (Lipinski definition) is 0. The van der Waals surface area contributed by atoms with Crippen molar-refractivity contribution in [2.45, 2.75) is 33.2 Å². The van der Waals surface area contributed by atoms with Gasteiger partial charge in [-0.3, -0.25) is 4.99 Å². The number of nitrogens with zero attached hydrogens (tertiary/aromatic N) is 2. The molecule has 58 valence electrons. The first-order valence-electron chi connectivity index (χ1n) is 3.86. The summed E-state index contributed by atoms with van der Waals surface area (Å²) in [4.78, 5) is 6.82. The van der Waals surface area contributed by atoms with E-state index in [1.54, 1.807) is 0 Å². The zero-order valence-corrected chi connectivity index (χ0v) is 7.31. The van der Waals surface area contributed by atoms with Crippen molar-refractivity contribution in [1.82, 2.24) is 4.90 Å².